The largest absolute Gasteiger partial charge is 0.303 e. The molecular weight excluding hydrogens is 338 g/mol. The highest BCUT2D eigenvalue weighted by Gasteiger charge is 2.51. The molecule has 0 aliphatic heterocycles. The second-order valence-electron chi connectivity index (χ2n) is 11.2. The molecular formula is C27H51N. The van der Waals surface area contributed by atoms with Gasteiger partial charge in [0.1, 0.15) is 0 Å². The smallest absolute Gasteiger partial charge is 0.00383 e. The maximum absolute atomic E-state index is 2.95. The zero-order valence-electron chi connectivity index (χ0n) is 19.5. The SMILES string of the molecule is CCCCCCCCN(CCCCCCCC)CC12CC3CC(CC(C3)C1)C2. The molecule has 0 aromatic rings. The van der Waals surface area contributed by atoms with Crippen LogP contribution in [0.25, 0.3) is 0 Å². The van der Waals surface area contributed by atoms with E-state index in [2.05, 4.69) is 18.7 Å². The Bertz CT molecular complexity index is 363. The molecule has 4 bridgehead atoms. The van der Waals surface area contributed by atoms with Crippen LogP contribution in [0.4, 0.5) is 0 Å². The van der Waals surface area contributed by atoms with Crippen LogP contribution in [0.15, 0.2) is 0 Å². The van der Waals surface area contributed by atoms with Crippen LogP contribution >= 0.6 is 0 Å². The van der Waals surface area contributed by atoms with Crippen LogP contribution in [0.3, 0.4) is 0 Å². The molecule has 0 spiro atoms. The van der Waals surface area contributed by atoms with Gasteiger partial charge >= 0.3 is 0 Å². The first-order valence-corrected chi connectivity index (χ1v) is 13.5. The molecule has 0 atom stereocenters. The zero-order valence-corrected chi connectivity index (χ0v) is 19.5. The lowest BCUT2D eigenvalue weighted by molar-refractivity contribution is -0.0694. The summed E-state index contributed by atoms with van der Waals surface area (Å²) in [6.07, 6.45) is 26.8. The van der Waals surface area contributed by atoms with Gasteiger partial charge in [0, 0.05) is 6.54 Å². The van der Waals surface area contributed by atoms with Crippen LogP contribution < -0.4 is 0 Å². The summed E-state index contributed by atoms with van der Waals surface area (Å²) < 4.78 is 0. The van der Waals surface area contributed by atoms with Crippen molar-refractivity contribution in [2.24, 2.45) is 23.2 Å². The standard InChI is InChI=1S/C27H51N/c1-3-5-7-9-11-13-15-28(16-14-12-10-8-6-4-2)23-27-20-24-17-25(21-27)19-26(18-24)22-27/h24-26H,3-23H2,1-2H3. The lowest BCUT2D eigenvalue weighted by Crippen LogP contribution is -2.51. The van der Waals surface area contributed by atoms with Gasteiger partial charge in [-0.05, 0) is 87.6 Å². The molecule has 0 radical (unpaired) electrons. The predicted octanol–water partition coefficient (Wildman–Crippen LogP) is 8.23. The second kappa shape index (κ2) is 12.0. The van der Waals surface area contributed by atoms with Gasteiger partial charge in [-0.25, -0.2) is 0 Å². The molecule has 1 heteroatoms. The predicted molar refractivity (Wildman–Crippen MR) is 124 cm³/mol. The Kier molecular flexibility index (Phi) is 9.68. The fourth-order valence-corrected chi connectivity index (χ4v) is 7.46. The monoisotopic (exact) mass is 389 g/mol. The van der Waals surface area contributed by atoms with E-state index in [-0.39, 0.29) is 0 Å². The minimum absolute atomic E-state index is 0.735. The maximum Gasteiger partial charge on any atom is 0.00383 e. The van der Waals surface area contributed by atoms with Crippen molar-refractivity contribution in [3.05, 3.63) is 0 Å². The molecule has 1 nitrogen and oxygen atoms in total. The molecule has 4 saturated carbocycles. The maximum atomic E-state index is 2.95. The number of hydrogen-bond acceptors (Lipinski definition) is 1. The van der Waals surface area contributed by atoms with Gasteiger partial charge in [0.05, 0.1) is 0 Å². The molecule has 4 fully saturated rings. The van der Waals surface area contributed by atoms with E-state index < -0.39 is 0 Å². The third-order valence-electron chi connectivity index (χ3n) is 8.38. The van der Waals surface area contributed by atoms with Gasteiger partial charge in [0.2, 0.25) is 0 Å². The molecule has 0 aromatic heterocycles. The number of hydrogen-bond donors (Lipinski definition) is 0. The molecule has 0 N–H and O–H groups in total. The topological polar surface area (TPSA) is 3.24 Å². The molecule has 164 valence electrons. The van der Waals surface area contributed by atoms with Crippen LogP contribution in [0.1, 0.15) is 129 Å². The van der Waals surface area contributed by atoms with Crippen LogP contribution in [0, 0.1) is 23.2 Å². The van der Waals surface area contributed by atoms with Gasteiger partial charge in [0.25, 0.3) is 0 Å². The Morgan fingerprint density at radius 1 is 0.571 bits per heavy atom. The van der Waals surface area contributed by atoms with Crippen molar-refractivity contribution < 1.29 is 0 Å². The highest BCUT2D eigenvalue weighted by molar-refractivity contribution is 5.02. The van der Waals surface area contributed by atoms with Crippen molar-refractivity contribution in [1.29, 1.82) is 0 Å². The fraction of sp³-hybridized carbons (Fsp3) is 1.00. The third-order valence-corrected chi connectivity index (χ3v) is 8.38. The average molecular weight is 390 g/mol. The lowest BCUT2D eigenvalue weighted by Gasteiger charge is -2.58. The first kappa shape index (κ1) is 22.6. The molecule has 4 aliphatic rings. The third kappa shape index (κ3) is 7.03. The molecule has 28 heavy (non-hydrogen) atoms. The van der Waals surface area contributed by atoms with E-state index in [1.807, 2.05) is 0 Å². The first-order valence-electron chi connectivity index (χ1n) is 13.5. The Morgan fingerprint density at radius 3 is 1.39 bits per heavy atom. The molecule has 4 aliphatic carbocycles. The van der Waals surface area contributed by atoms with Crippen LogP contribution in [-0.4, -0.2) is 24.5 Å². The van der Waals surface area contributed by atoms with E-state index >= 15 is 0 Å². The van der Waals surface area contributed by atoms with Gasteiger partial charge < -0.3 is 4.90 Å². The molecule has 0 unspecified atom stereocenters. The van der Waals surface area contributed by atoms with Crippen molar-refractivity contribution in [3.8, 4) is 0 Å². The van der Waals surface area contributed by atoms with Gasteiger partial charge in [-0.15, -0.1) is 0 Å². The highest BCUT2D eigenvalue weighted by atomic mass is 15.1. The Morgan fingerprint density at radius 2 is 0.964 bits per heavy atom. The summed E-state index contributed by atoms with van der Waals surface area (Å²) >= 11 is 0. The van der Waals surface area contributed by atoms with Gasteiger partial charge in [0.15, 0.2) is 0 Å². The summed E-state index contributed by atoms with van der Waals surface area (Å²) in [5, 5.41) is 0. The van der Waals surface area contributed by atoms with Crippen LogP contribution in [-0.2, 0) is 0 Å². The number of rotatable bonds is 16. The summed E-state index contributed by atoms with van der Waals surface area (Å²) in [5.74, 6) is 3.32. The molecule has 4 rings (SSSR count). The molecule has 0 heterocycles. The molecule has 0 aromatic carbocycles. The first-order chi connectivity index (χ1) is 13.7. The minimum atomic E-state index is 0.735. The van der Waals surface area contributed by atoms with Crippen LogP contribution in [0.2, 0.25) is 0 Å². The average Bonchev–Trinajstić information content (AvgIpc) is 2.65. The van der Waals surface area contributed by atoms with Crippen molar-refractivity contribution in [1.82, 2.24) is 4.90 Å². The summed E-state index contributed by atoms with van der Waals surface area (Å²) in [6.45, 7) is 8.90. The van der Waals surface area contributed by atoms with E-state index in [1.165, 1.54) is 96.7 Å². The van der Waals surface area contributed by atoms with Crippen LogP contribution in [0.5, 0.6) is 0 Å². The zero-order chi connectivity index (χ0) is 19.7. The number of unbranched alkanes of at least 4 members (excludes halogenated alkanes) is 10. The molecule has 0 amide bonds. The van der Waals surface area contributed by atoms with Crippen molar-refractivity contribution in [2.45, 2.75) is 129 Å². The van der Waals surface area contributed by atoms with E-state index in [4.69, 9.17) is 0 Å². The minimum Gasteiger partial charge on any atom is -0.303 e. The van der Waals surface area contributed by atoms with E-state index in [0.717, 1.165) is 23.2 Å². The summed E-state index contributed by atoms with van der Waals surface area (Å²) in [7, 11) is 0. The van der Waals surface area contributed by atoms with E-state index in [0.29, 0.717) is 0 Å². The summed E-state index contributed by atoms with van der Waals surface area (Å²) in [4.78, 5) is 2.95. The van der Waals surface area contributed by atoms with Crippen molar-refractivity contribution in [2.75, 3.05) is 19.6 Å². The Balaban J connectivity index is 1.43. The number of nitrogens with zero attached hydrogens (tertiary/aromatic N) is 1. The highest BCUT2D eigenvalue weighted by Crippen LogP contribution is 2.60. The van der Waals surface area contributed by atoms with E-state index in [1.54, 1.807) is 38.5 Å². The quantitative estimate of drug-likeness (QED) is 0.240. The Hall–Kier alpha value is -0.0400. The van der Waals surface area contributed by atoms with Gasteiger partial charge in [-0.3, -0.25) is 0 Å². The van der Waals surface area contributed by atoms with Gasteiger partial charge in [-0.1, -0.05) is 78.1 Å². The van der Waals surface area contributed by atoms with Crippen molar-refractivity contribution >= 4 is 0 Å². The summed E-state index contributed by atoms with van der Waals surface area (Å²) in [6, 6.07) is 0. The molecule has 0 saturated heterocycles. The lowest BCUT2D eigenvalue weighted by atomic mass is 9.49. The normalized spacial score (nSPS) is 31.2. The van der Waals surface area contributed by atoms with E-state index in [9.17, 15) is 0 Å². The fourth-order valence-electron chi connectivity index (χ4n) is 7.46. The van der Waals surface area contributed by atoms with Gasteiger partial charge in [-0.2, -0.15) is 0 Å². The summed E-state index contributed by atoms with van der Waals surface area (Å²) in [5.41, 5.74) is 0.735. The van der Waals surface area contributed by atoms with Crippen molar-refractivity contribution in [3.63, 3.8) is 0 Å². The Labute approximate surface area is 177 Å². The second-order valence-corrected chi connectivity index (χ2v) is 11.2.